The summed E-state index contributed by atoms with van der Waals surface area (Å²) < 4.78 is 4.81. The lowest BCUT2D eigenvalue weighted by atomic mass is 10.3. The van der Waals surface area contributed by atoms with E-state index in [0.717, 1.165) is 0 Å². The lowest BCUT2D eigenvalue weighted by Crippen LogP contribution is -2.34. The number of hydrogen-bond acceptors (Lipinski definition) is 4. The van der Waals surface area contributed by atoms with Gasteiger partial charge in [-0.25, -0.2) is 0 Å². The van der Waals surface area contributed by atoms with Crippen molar-refractivity contribution in [3.05, 3.63) is 11.8 Å². The van der Waals surface area contributed by atoms with Crippen LogP contribution in [0.4, 0.5) is 5.82 Å². The fourth-order valence-corrected chi connectivity index (χ4v) is 1.45. The second kappa shape index (κ2) is 7.00. The van der Waals surface area contributed by atoms with Gasteiger partial charge in [-0.2, -0.15) is 0 Å². The van der Waals surface area contributed by atoms with E-state index >= 15 is 0 Å². The lowest BCUT2D eigenvalue weighted by Gasteiger charge is -2.15. The molecule has 0 aliphatic heterocycles. The average molecular weight is 274 g/mol. The molecule has 0 spiro atoms. The average Bonchev–Trinajstić information content (AvgIpc) is 2.71. The third-order valence-corrected chi connectivity index (χ3v) is 2.49. The molecule has 1 N–H and O–H groups in total. The van der Waals surface area contributed by atoms with E-state index in [0.29, 0.717) is 30.3 Å². The number of halogens is 1. The Labute approximate surface area is 110 Å². The first kappa shape index (κ1) is 14.5. The first-order valence-corrected chi connectivity index (χ1v) is 6.09. The fourth-order valence-electron chi connectivity index (χ4n) is 1.32. The van der Waals surface area contributed by atoms with Crippen molar-refractivity contribution in [2.24, 2.45) is 0 Å². The molecule has 7 heteroatoms. The molecule has 0 aliphatic rings. The topological polar surface area (TPSA) is 75.4 Å². The Hall–Kier alpha value is -1.56. The Balaban J connectivity index is 2.37. The van der Waals surface area contributed by atoms with Crippen LogP contribution in [0.15, 0.2) is 10.6 Å². The first-order valence-electron chi connectivity index (χ1n) is 5.56. The van der Waals surface area contributed by atoms with Crippen LogP contribution in [0, 0.1) is 6.92 Å². The summed E-state index contributed by atoms with van der Waals surface area (Å²) in [5.74, 6) is 0.965. The molecule has 18 heavy (non-hydrogen) atoms. The van der Waals surface area contributed by atoms with Crippen molar-refractivity contribution in [3.8, 4) is 0 Å². The van der Waals surface area contributed by atoms with Crippen LogP contribution in [0.2, 0.25) is 0 Å². The molecule has 2 amide bonds. The highest BCUT2D eigenvalue weighted by molar-refractivity contribution is 6.17. The number of hydrogen-bond donors (Lipinski definition) is 1. The van der Waals surface area contributed by atoms with Gasteiger partial charge in [0.25, 0.3) is 0 Å². The minimum atomic E-state index is -0.315. The molecule has 1 rings (SSSR count). The van der Waals surface area contributed by atoms with Crippen molar-refractivity contribution in [3.63, 3.8) is 0 Å². The Morgan fingerprint density at radius 3 is 2.83 bits per heavy atom. The van der Waals surface area contributed by atoms with Gasteiger partial charge in [0.2, 0.25) is 11.8 Å². The van der Waals surface area contributed by atoms with E-state index < -0.39 is 0 Å². The number of nitrogens with one attached hydrogen (secondary N) is 1. The molecule has 1 aromatic heterocycles. The van der Waals surface area contributed by atoms with Gasteiger partial charge in [-0.15, -0.1) is 11.6 Å². The summed E-state index contributed by atoms with van der Waals surface area (Å²) in [6.07, 6.45) is 0.950. The number of aromatic nitrogens is 1. The molecule has 1 heterocycles. The minimum Gasteiger partial charge on any atom is -0.360 e. The van der Waals surface area contributed by atoms with Gasteiger partial charge in [0.15, 0.2) is 5.82 Å². The monoisotopic (exact) mass is 273 g/mol. The Bertz CT molecular complexity index is 419. The molecule has 0 aromatic carbocycles. The highest BCUT2D eigenvalue weighted by Gasteiger charge is 2.13. The van der Waals surface area contributed by atoms with Crippen LogP contribution in [0.5, 0.6) is 0 Å². The van der Waals surface area contributed by atoms with E-state index in [2.05, 4.69) is 10.5 Å². The number of amides is 2. The Kier molecular flexibility index (Phi) is 5.64. The van der Waals surface area contributed by atoms with E-state index in [1.165, 1.54) is 4.90 Å². The van der Waals surface area contributed by atoms with Crippen molar-refractivity contribution in [2.45, 2.75) is 19.8 Å². The summed E-state index contributed by atoms with van der Waals surface area (Å²) in [4.78, 5) is 24.5. The van der Waals surface area contributed by atoms with Crippen LogP contribution < -0.4 is 5.32 Å². The van der Waals surface area contributed by atoms with Crippen molar-refractivity contribution >= 4 is 29.2 Å². The number of anilines is 1. The summed E-state index contributed by atoms with van der Waals surface area (Å²) >= 11 is 5.50. The number of nitrogens with zero attached hydrogens (tertiary/aromatic N) is 2. The second-order valence-electron chi connectivity index (χ2n) is 3.91. The molecule has 6 nitrogen and oxygen atoms in total. The van der Waals surface area contributed by atoms with E-state index in [9.17, 15) is 9.59 Å². The summed E-state index contributed by atoms with van der Waals surface area (Å²) in [6, 6.07) is 1.60. The smallest absolute Gasteiger partial charge is 0.245 e. The zero-order valence-corrected chi connectivity index (χ0v) is 11.2. The van der Waals surface area contributed by atoms with E-state index in [1.54, 1.807) is 20.0 Å². The lowest BCUT2D eigenvalue weighted by molar-refractivity contribution is -0.133. The first-order chi connectivity index (χ1) is 8.52. The number of likely N-dealkylation sites (N-methyl/N-ethyl adjacent to an activating group) is 1. The molecule has 0 saturated heterocycles. The van der Waals surface area contributed by atoms with Crippen molar-refractivity contribution in [1.82, 2.24) is 10.1 Å². The zero-order valence-electron chi connectivity index (χ0n) is 10.4. The largest absolute Gasteiger partial charge is 0.360 e. The highest BCUT2D eigenvalue weighted by atomic mass is 35.5. The molecular weight excluding hydrogens is 258 g/mol. The number of rotatable bonds is 6. The number of aryl methyl sites for hydroxylation is 1. The predicted octanol–water partition coefficient (Wildman–Crippen LogP) is 1.40. The molecule has 0 fully saturated rings. The maximum atomic E-state index is 11.6. The summed E-state index contributed by atoms with van der Waals surface area (Å²) in [6.45, 7) is 1.71. The Morgan fingerprint density at radius 2 is 2.28 bits per heavy atom. The van der Waals surface area contributed by atoms with E-state index in [4.69, 9.17) is 16.1 Å². The molecule has 0 atom stereocenters. The van der Waals surface area contributed by atoms with Crippen molar-refractivity contribution in [2.75, 3.05) is 24.8 Å². The SMILES string of the molecule is Cc1cc(NC(=O)CN(C)C(=O)CCCCl)no1. The summed E-state index contributed by atoms with van der Waals surface area (Å²) in [5.41, 5.74) is 0. The minimum absolute atomic E-state index is 0.0208. The summed E-state index contributed by atoms with van der Waals surface area (Å²) in [7, 11) is 1.57. The number of alkyl halides is 1. The molecule has 0 saturated carbocycles. The van der Waals surface area contributed by atoms with Gasteiger partial charge in [0.05, 0.1) is 6.54 Å². The van der Waals surface area contributed by atoms with E-state index in [1.807, 2.05) is 0 Å². The molecule has 1 aromatic rings. The number of carbonyl (C=O) groups excluding carboxylic acids is 2. The molecule has 0 bridgehead atoms. The fraction of sp³-hybridized carbons (Fsp3) is 0.545. The number of carbonyl (C=O) groups is 2. The Morgan fingerprint density at radius 1 is 1.56 bits per heavy atom. The van der Waals surface area contributed by atoms with E-state index in [-0.39, 0.29) is 18.4 Å². The normalized spacial score (nSPS) is 10.2. The maximum absolute atomic E-state index is 11.6. The van der Waals surface area contributed by atoms with Crippen LogP contribution in [0.25, 0.3) is 0 Å². The third kappa shape index (κ3) is 4.75. The maximum Gasteiger partial charge on any atom is 0.245 e. The van der Waals surface area contributed by atoms with Gasteiger partial charge in [0, 0.05) is 25.4 Å². The second-order valence-corrected chi connectivity index (χ2v) is 4.29. The molecule has 0 unspecified atom stereocenters. The molecule has 0 aliphatic carbocycles. The third-order valence-electron chi connectivity index (χ3n) is 2.23. The van der Waals surface area contributed by atoms with Crippen LogP contribution in [-0.2, 0) is 9.59 Å². The van der Waals surface area contributed by atoms with Gasteiger partial charge in [0.1, 0.15) is 5.76 Å². The predicted molar refractivity (Wildman–Crippen MR) is 67.5 cm³/mol. The zero-order chi connectivity index (χ0) is 13.5. The summed E-state index contributed by atoms with van der Waals surface area (Å²) in [5, 5.41) is 6.17. The van der Waals surface area contributed by atoms with Crippen LogP contribution in [0.3, 0.4) is 0 Å². The van der Waals surface area contributed by atoms with Gasteiger partial charge < -0.3 is 14.7 Å². The van der Waals surface area contributed by atoms with Crippen LogP contribution >= 0.6 is 11.6 Å². The quantitative estimate of drug-likeness (QED) is 0.795. The van der Waals surface area contributed by atoms with Crippen molar-refractivity contribution < 1.29 is 14.1 Å². The highest BCUT2D eigenvalue weighted by Crippen LogP contribution is 2.07. The van der Waals surface area contributed by atoms with Gasteiger partial charge in [-0.1, -0.05) is 5.16 Å². The molecule has 100 valence electrons. The molecular formula is C11H16ClN3O3. The van der Waals surface area contributed by atoms with Gasteiger partial charge in [-0.05, 0) is 13.3 Å². The molecule has 0 radical (unpaired) electrons. The standard InChI is InChI=1S/C11H16ClN3O3/c1-8-6-9(14-18-8)13-10(16)7-15(2)11(17)4-3-5-12/h6H,3-5,7H2,1-2H3,(H,13,14,16). The van der Waals surface area contributed by atoms with Crippen LogP contribution in [-0.4, -0.2) is 41.3 Å². The van der Waals surface area contributed by atoms with Gasteiger partial charge in [-0.3, -0.25) is 9.59 Å². The van der Waals surface area contributed by atoms with Crippen LogP contribution in [0.1, 0.15) is 18.6 Å². The van der Waals surface area contributed by atoms with Gasteiger partial charge >= 0.3 is 0 Å². The van der Waals surface area contributed by atoms with Crippen molar-refractivity contribution in [1.29, 1.82) is 0 Å².